The molecule has 0 aromatic heterocycles. The molecule has 0 radical (unpaired) electrons. The van der Waals surface area contributed by atoms with Crippen molar-refractivity contribution in [1.82, 2.24) is 0 Å². The molecule has 0 saturated heterocycles. The van der Waals surface area contributed by atoms with E-state index in [2.05, 4.69) is 4.99 Å². The predicted molar refractivity (Wildman–Crippen MR) is 53.7 cm³/mol. The number of nitrogens with zero attached hydrogens (tertiary/aromatic N) is 1. The molecule has 0 saturated carbocycles. The first-order valence-corrected chi connectivity index (χ1v) is 4.43. The van der Waals surface area contributed by atoms with Crippen LogP contribution in [0.5, 0.6) is 0 Å². The molecule has 0 amide bonds. The molecule has 0 aliphatic carbocycles. The molecular formula is C10H12ClN. The van der Waals surface area contributed by atoms with E-state index in [1.807, 2.05) is 37.3 Å². The third-order valence-electron chi connectivity index (χ3n) is 1.57. The van der Waals surface area contributed by atoms with E-state index in [1.54, 1.807) is 0 Å². The Kier molecular flexibility index (Phi) is 3.81. The molecule has 64 valence electrons. The van der Waals surface area contributed by atoms with Crippen LogP contribution in [-0.4, -0.2) is 5.17 Å². The van der Waals surface area contributed by atoms with Crippen LogP contribution in [-0.2, 0) is 6.54 Å². The van der Waals surface area contributed by atoms with Gasteiger partial charge in [0.2, 0.25) is 0 Å². The highest BCUT2D eigenvalue weighted by Gasteiger charge is 1.90. The molecule has 0 fully saturated rings. The van der Waals surface area contributed by atoms with E-state index in [0.29, 0.717) is 11.7 Å². The first-order chi connectivity index (χ1) is 5.83. The largest absolute Gasteiger partial charge is 0.273 e. The Hall–Kier alpha value is -0.820. The van der Waals surface area contributed by atoms with Gasteiger partial charge >= 0.3 is 0 Å². The van der Waals surface area contributed by atoms with E-state index in [-0.39, 0.29) is 0 Å². The predicted octanol–water partition coefficient (Wildman–Crippen LogP) is 3.23. The fraction of sp³-hybridized carbons (Fsp3) is 0.300. The van der Waals surface area contributed by atoms with E-state index < -0.39 is 0 Å². The average Bonchev–Trinajstić information content (AvgIpc) is 2.16. The Balaban J connectivity index is 2.54. The summed E-state index contributed by atoms with van der Waals surface area (Å²) >= 11 is 5.77. The second-order valence-electron chi connectivity index (χ2n) is 2.53. The molecule has 1 nitrogen and oxygen atoms in total. The highest BCUT2D eigenvalue weighted by molar-refractivity contribution is 6.65. The summed E-state index contributed by atoms with van der Waals surface area (Å²) in [7, 11) is 0. The quantitative estimate of drug-likeness (QED) is 0.635. The van der Waals surface area contributed by atoms with Crippen molar-refractivity contribution >= 4 is 16.8 Å². The molecule has 0 N–H and O–H groups in total. The molecule has 0 aliphatic heterocycles. The summed E-state index contributed by atoms with van der Waals surface area (Å²) in [6.07, 6.45) is 0.814. The van der Waals surface area contributed by atoms with Crippen LogP contribution in [0.2, 0.25) is 0 Å². The molecule has 0 spiro atoms. The molecule has 0 heterocycles. The summed E-state index contributed by atoms with van der Waals surface area (Å²) in [4.78, 5) is 4.19. The highest BCUT2D eigenvalue weighted by atomic mass is 35.5. The number of aliphatic imine (C=N–C) groups is 1. The van der Waals surface area contributed by atoms with Crippen LogP contribution in [0.1, 0.15) is 18.9 Å². The Morgan fingerprint density at radius 3 is 2.58 bits per heavy atom. The van der Waals surface area contributed by atoms with Crippen molar-refractivity contribution in [2.75, 3.05) is 0 Å². The number of hydrogen-bond donors (Lipinski definition) is 0. The standard InChI is InChI=1S/C10H12ClN/c1-2-10(11)12-8-9-6-4-3-5-7-9/h3-7H,2,8H2,1H3. The van der Waals surface area contributed by atoms with Crippen molar-refractivity contribution in [1.29, 1.82) is 0 Å². The molecular weight excluding hydrogens is 170 g/mol. The fourth-order valence-corrected chi connectivity index (χ4v) is 0.932. The summed E-state index contributed by atoms with van der Waals surface area (Å²) in [6, 6.07) is 10.1. The number of halogens is 1. The van der Waals surface area contributed by atoms with Crippen LogP contribution in [0.15, 0.2) is 35.3 Å². The van der Waals surface area contributed by atoms with E-state index in [4.69, 9.17) is 11.6 Å². The molecule has 0 atom stereocenters. The normalized spacial score (nSPS) is 11.7. The van der Waals surface area contributed by atoms with Crippen LogP contribution in [0.3, 0.4) is 0 Å². The van der Waals surface area contributed by atoms with Crippen molar-refractivity contribution in [2.24, 2.45) is 4.99 Å². The zero-order valence-electron chi connectivity index (χ0n) is 7.13. The average molecular weight is 182 g/mol. The van der Waals surface area contributed by atoms with Gasteiger partial charge in [0.15, 0.2) is 0 Å². The minimum absolute atomic E-state index is 0.688. The van der Waals surface area contributed by atoms with Gasteiger partial charge in [-0.3, -0.25) is 4.99 Å². The van der Waals surface area contributed by atoms with Crippen LogP contribution in [0.4, 0.5) is 0 Å². The maximum atomic E-state index is 5.77. The second kappa shape index (κ2) is 4.94. The molecule has 1 aromatic carbocycles. The summed E-state index contributed by atoms with van der Waals surface area (Å²) in [6.45, 7) is 2.68. The fourth-order valence-electron chi connectivity index (χ4n) is 0.872. The monoisotopic (exact) mass is 181 g/mol. The van der Waals surface area contributed by atoms with E-state index in [9.17, 15) is 0 Å². The van der Waals surface area contributed by atoms with Gasteiger partial charge in [0.05, 0.1) is 6.54 Å². The second-order valence-corrected chi connectivity index (χ2v) is 2.97. The van der Waals surface area contributed by atoms with Gasteiger partial charge in [0.25, 0.3) is 0 Å². The first-order valence-electron chi connectivity index (χ1n) is 4.05. The van der Waals surface area contributed by atoms with Crippen molar-refractivity contribution in [2.45, 2.75) is 19.9 Å². The summed E-state index contributed by atoms with van der Waals surface area (Å²) in [5.41, 5.74) is 1.20. The molecule has 0 bridgehead atoms. The Morgan fingerprint density at radius 1 is 1.33 bits per heavy atom. The van der Waals surface area contributed by atoms with Crippen LogP contribution in [0.25, 0.3) is 0 Å². The number of benzene rings is 1. The highest BCUT2D eigenvalue weighted by Crippen LogP contribution is 2.02. The van der Waals surface area contributed by atoms with E-state index in [0.717, 1.165) is 6.42 Å². The van der Waals surface area contributed by atoms with Gasteiger partial charge in [-0.1, -0.05) is 48.9 Å². The van der Waals surface area contributed by atoms with Crippen LogP contribution >= 0.6 is 11.6 Å². The van der Waals surface area contributed by atoms with Crippen molar-refractivity contribution in [3.63, 3.8) is 0 Å². The zero-order valence-corrected chi connectivity index (χ0v) is 7.88. The van der Waals surface area contributed by atoms with Gasteiger partial charge in [-0.05, 0) is 12.0 Å². The lowest BCUT2D eigenvalue weighted by Gasteiger charge is -1.95. The topological polar surface area (TPSA) is 12.4 Å². The molecule has 12 heavy (non-hydrogen) atoms. The van der Waals surface area contributed by atoms with Gasteiger partial charge < -0.3 is 0 Å². The van der Waals surface area contributed by atoms with Gasteiger partial charge in [0.1, 0.15) is 5.17 Å². The van der Waals surface area contributed by atoms with Crippen molar-refractivity contribution in [3.05, 3.63) is 35.9 Å². The first kappa shape index (κ1) is 9.27. The van der Waals surface area contributed by atoms with Gasteiger partial charge in [-0.15, -0.1) is 0 Å². The molecule has 2 heteroatoms. The minimum atomic E-state index is 0.688. The SMILES string of the molecule is CCC(Cl)=NCc1ccccc1. The maximum absolute atomic E-state index is 5.77. The van der Waals surface area contributed by atoms with Gasteiger partial charge in [-0.25, -0.2) is 0 Å². The van der Waals surface area contributed by atoms with E-state index >= 15 is 0 Å². The number of hydrogen-bond acceptors (Lipinski definition) is 1. The van der Waals surface area contributed by atoms with Crippen molar-refractivity contribution in [3.8, 4) is 0 Å². The minimum Gasteiger partial charge on any atom is -0.273 e. The maximum Gasteiger partial charge on any atom is 0.100 e. The third kappa shape index (κ3) is 3.05. The Morgan fingerprint density at radius 2 is 2.00 bits per heavy atom. The Bertz CT molecular complexity index is 254. The summed E-state index contributed by atoms with van der Waals surface area (Å²) in [5, 5.41) is 0.693. The van der Waals surface area contributed by atoms with Crippen LogP contribution < -0.4 is 0 Å². The van der Waals surface area contributed by atoms with Crippen LogP contribution in [0, 0.1) is 0 Å². The summed E-state index contributed by atoms with van der Waals surface area (Å²) < 4.78 is 0. The third-order valence-corrected chi connectivity index (χ3v) is 1.95. The molecule has 0 aliphatic rings. The van der Waals surface area contributed by atoms with Crippen molar-refractivity contribution < 1.29 is 0 Å². The molecule has 0 unspecified atom stereocenters. The van der Waals surface area contributed by atoms with Gasteiger partial charge in [0, 0.05) is 0 Å². The van der Waals surface area contributed by atoms with E-state index in [1.165, 1.54) is 5.56 Å². The summed E-state index contributed by atoms with van der Waals surface area (Å²) in [5.74, 6) is 0. The lowest BCUT2D eigenvalue weighted by Crippen LogP contribution is -1.86. The lowest BCUT2D eigenvalue weighted by molar-refractivity contribution is 1.06. The van der Waals surface area contributed by atoms with Gasteiger partial charge in [-0.2, -0.15) is 0 Å². The molecule has 1 aromatic rings. The number of rotatable bonds is 3. The Labute approximate surface area is 78.1 Å². The molecule has 1 rings (SSSR count). The zero-order chi connectivity index (χ0) is 8.81. The smallest absolute Gasteiger partial charge is 0.100 e. The lowest BCUT2D eigenvalue weighted by atomic mass is 10.2.